The van der Waals surface area contributed by atoms with Crippen molar-refractivity contribution in [2.24, 2.45) is 0 Å². The van der Waals surface area contributed by atoms with Crippen LogP contribution in [0.4, 0.5) is 4.39 Å². The van der Waals surface area contributed by atoms with Gasteiger partial charge >= 0.3 is 11.9 Å². The minimum Gasteiger partial charge on any atom is -0.389 e. The molecule has 3 aromatic rings. The molecule has 2 aliphatic rings. The molecule has 2 aliphatic heterocycles. The number of halogens is 1. The van der Waals surface area contributed by atoms with Gasteiger partial charge in [0.25, 0.3) is 5.56 Å². The maximum absolute atomic E-state index is 14.6. The number of aromatic nitrogens is 2. The molecule has 1 N–H and O–H groups in total. The van der Waals surface area contributed by atoms with E-state index in [2.05, 4.69) is 18.7 Å². The van der Waals surface area contributed by atoms with Crippen LogP contribution in [0.3, 0.4) is 0 Å². The highest BCUT2D eigenvalue weighted by atomic mass is 19.1. The third kappa shape index (κ3) is 3.57. The first-order chi connectivity index (χ1) is 17.1. The standard InChI is InChI=1S/C27H28FN3O5/c1-5-27(35)11-22(32)36-26(34)23-18(27)9-21-24-17(13-31(21)25(23)33)16(12-30(6-2)7-3)15-8-14(4)19(28)10-20(15)29-24/h8-10,35H,5-7,11-13H2,1-4H3. The Morgan fingerprint density at radius 3 is 2.56 bits per heavy atom. The van der Waals surface area contributed by atoms with Crippen LogP contribution in [0.5, 0.6) is 0 Å². The number of carbonyl (C=O) groups is 2. The second kappa shape index (κ2) is 8.60. The van der Waals surface area contributed by atoms with Gasteiger partial charge in [-0.15, -0.1) is 0 Å². The van der Waals surface area contributed by atoms with E-state index in [0.717, 1.165) is 29.6 Å². The lowest BCUT2D eigenvalue weighted by molar-refractivity contribution is -0.143. The van der Waals surface area contributed by atoms with Gasteiger partial charge in [0, 0.05) is 29.1 Å². The van der Waals surface area contributed by atoms with Gasteiger partial charge in [-0.25, -0.2) is 14.2 Å². The Hall–Kier alpha value is -3.43. The van der Waals surface area contributed by atoms with Crippen molar-refractivity contribution in [3.05, 3.63) is 62.2 Å². The monoisotopic (exact) mass is 493 g/mol. The SMILES string of the molecule is CCN(CC)Cc1c2c(nc3cc(F)c(C)cc13)-c1cc3c(c(=O)n1C2)C(=O)OC(=O)CC3(O)CC. The molecule has 36 heavy (non-hydrogen) atoms. The van der Waals surface area contributed by atoms with E-state index in [-0.39, 0.29) is 29.9 Å². The molecule has 1 aromatic carbocycles. The molecule has 0 saturated heterocycles. The fraction of sp³-hybridized carbons (Fsp3) is 0.407. The van der Waals surface area contributed by atoms with Crippen LogP contribution in [0.1, 0.15) is 66.2 Å². The smallest absolute Gasteiger partial charge is 0.351 e. The number of nitrogens with zero attached hydrogens (tertiary/aromatic N) is 3. The van der Waals surface area contributed by atoms with Crippen molar-refractivity contribution in [3.63, 3.8) is 0 Å². The van der Waals surface area contributed by atoms with Crippen molar-refractivity contribution in [3.8, 4) is 11.4 Å². The summed E-state index contributed by atoms with van der Waals surface area (Å²) in [5, 5.41) is 12.1. The number of hydrogen-bond donors (Lipinski definition) is 1. The molecule has 188 valence electrons. The molecule has 0 spiro atoms. The minimum atomic E-state index is -1.74. The molecule has 1 unspecified atom stereocenters. The van der Waals surface area contributed by atoms with E-state index in [9.17, 15) is 23.9 Å². The summed E-state index contributed by atoms with van der Waals surface area (Å²) in [5.74, 6) is -2.32. The van der Waals surface area contributed by atoms with E-state index in [1.807, 2.05) is 0 Å². The molecule has 8 nitrogen and oxygen atoms in total. The van der Waals surface area contributed by atoms with Crippen LogP contribution >= 0.6 is 0 Å². The maximum atomic E-state index is 14.6. The summed E-state index contributed by atoms with van der Waals surface area (Å²) in [4.78, 5) is 45.5. The Morgan fingerprint density at radius 2 is 1.89 bits per heavy atom. The summed E-state index contributed by atoms with van der Waals surface area (Å²) in [6.07, 6.45) is -0.345. The first kappa shape index (κ1) is 24.3. The number of aliphatic hydroxyl groups is 1. The Labute approximate surface area is 207 Å². The lowest BCUT2D eigenvalue weighted by atomic mass is 9.85. The van der Waals surface area contributed by atoms with E-state index in [1.165, 1.54) is 10.6 Å². The first-order valence-corrected chi connectivity index (χ1v) is 12.2. The van der Waals surface area contributed by atoms with Crippen molar-refractivity contribution >= 4 is 22.8 Å². The van der Waals surface area contributed by atoms with Crippen LogP contribution in [0.25, 0.3) is 22.3 Å². The second-order valence-corrected chi connectivity index (χ2v) is 9.53. The van der Waals surface area contributed by atoms with E-state index in [1.54, 1.807) is 26.0 Å². The largest absolute Gasteiger partial charge is 0.389 e. The number of aryl methyl sites for hydroxylation is 1. The zero-order valence-electron chi connectivity index (χ0n) is 20.8. The van der Waals surface area contributed by atoms with Gasteiger partial charge in [-0.05, 0) is 49.7 Å². The quantitative estimate of drug-likeness (QED) is 0.336. The van der Waals surface area contributed by atoms with Gasteiger partial charge in [0.05, 0.1) is 29.9 Å². The Balaban J connectivity index is 1.82. The predicted molar refractivity (Wildman–Crippen MR) is 131 cm³/mol. The molecule has 0 saturated carbocycles. The maximum Gasteiger partial charge on any atom is 0.351 e. The second-order valence-electron chi connectivity index (χ2n) is 9.53. The van der Waals surface area contributed by atoms with Gasteiger partial charge < -0.3 is 14.4 Å². The van der Waals surface area contributed by atoms with Crippen molar-refractivity contribution in [1.29, 1.82) is 0 Å². The zero-order chi connectivity index (χ0) is 25.9. The van der Waals surface area contributed by atoms with Gasteiger partial charge in [0.1, 0.15) is 17.0 Å². The normalized spacial score (nSPS) is 18.8. The Kier molecular flexibility index (Phi) is 5.80. The highest BCUT2D eigenvalue weighted by Gasteiger charge is 2.43. The number of pyridine rings is 2. The molecule has 0 bridgehead atoms. The fourth-order valence-electron chi connectivity index (χ4n) is 5.29. The summed E-state index contributed by atoms with van der Waals surface area (Å²) in [7, 11) is 0. The number of esters is 2. The van der Waals surface area contributed by atoms with Crippen molar-refractivity contribution in [2.45, 2.75) is 59.2 Å². The fourth-order valence-corrected chi connectivity index (χ4v) is 5.29. The van der Waals surface area contributed by atoms with Gasteiger partial charge in [-0.1, -0.05) is 20.8 Å². The summed E-state index contributed by atoms with van der Waals surface area (Å²) < 4.78 is 20.8. The van der Waals surface area contributed by atoms with Crippen molar-refractivity contribution in [1.82, 2.24) is 14.5 Å². The Bertz CT molecular complexity index is 1510. The lowest BCUT2D eigenvalue weighted by Crippen LogP contribution is -2.33. The number of fused-ring (bicyclic) bond motifs is 5. The van der Waals surface area contributed by atoms with E-state index < -0.39 is 29.5 Å². The van der Waals surface area contributed by atoms with Gasteiger partial charge in [0.15, 0.2) is 0 Å². The molecular formula is C27H28FN3O5. The number of benzene rings is 1. The summed E-state index contributed by atoms with van der Waals surface area (Å²) >= 11 is 0. The van der Waals surface area contributed by atoms with Crippen LogP contribution < -0.4 is 5.56 Å². The molecule has 1 atom stereocenters. The van der Waals surface area contributed by atoms with Crippen LogP contribution in [0, 0.1) is 12.7 Å². The van der Waals surface area contributed by atoms with Gasteiger partial charge in [0.2, 0.25) is 0 Å². The zero-order valence-corrected chi connectivity index (χ0v) is 20.8. The summed E-state index contributed by atoms with van der Waals surface area (Å²) in [5.41, 5.74) is 1.02. The van der Waals surface area contributed by atoms with E-state index in [0.29, 0.717) is 29.0 Å². The van der Waals surface area contributed by atoms with Crippen molar-refractivity contribution in [2.75, 3.05) is 13.1 Å². The summed E-state index contributed by atoms with van der Waals surface area (Å²) in [6, 6.07) is 4.76. The molecule has 9 heteroatoms. The number of ether oxygens (including phenoxy) is 1. The third-order valence-electron chi connectivity index (χ3n) is 7.55. The minimum absolute atomic E-state index is 0.0622. The average molecular weight is 494 g/mol. The highest BCUT2D eigenvalue weighted by Crippen LogP contribution is 2.41. The van der Waals surface area contributed by atoms with Gasteiger partial charge in [-0.2, -0.15) is 0 Å². The van der Waals surface area contributed by atoms with Crippen LogP contribution in [-0.4, -0.2) is 44.6 Å². The molecule has 0 radical (unpaired) electrons. The molecule has 0 amide bonds. The molecule has 4 heterocycles. The topological polar surface area (TPSA) is 102 Å². The van der Waals surface area contributed by atoms with Crippen LogP contribution in [-0.2, 0) is 28.2 Å². The third-order valence-corrected chi connectivity index (χ3v) is 7.55. The first-order valence-electron chi connectivity index (χ1n) is 12.2. The predicted octanol–water partition coefficient (Wildman–Crippen LogP) is 3.40. The lowest BCUT2D eigenvalue weighted by Gasteiger charge is -2.25. The number of cyclic esters (lactones) is 2. The number of hydrogen-bond acceptors (Lipinski definition) is 7. The van der Waals surface area contributed by atoms with Crippen LogP contribution in [0.15, 0.2) is 23.0 Å². The number of carbonyl (C=O) groups excluding carboxylic acids is 2. The highest BCUT2D eigenvalue weighted by molar-refractivity contribution is 6.00. The number of rotatable bonds is 5. The molecule has 5 rings (SSSR count). The van der Waals surface area contributed by atoms with E-state index in [4.69, 9.17) is 9.72 Å². The van der Waals surface area contributed by atoms with E-state index >= 15 is 0 Å². The van der Waals surface area contributed by atoms with Gasteiger partial charge in [-0.3, -0.25) is 14.5 Å². The van der Waals surface area contributed by atoms with Crippen molar-refractivity contribution < 1.29 is 23.8 Å². The molecule has 0 aliphatic carbocycles. The molecule has 0 fully saturated rings. The molecular weight excluding hydrogens is 465 g/mol. The van der Waals surface area contributed by atoms with Crippen LogP contribution in [0.2, 0.25) is 0 Å². The Morgan fingerprint density at radius 1 is 1.17 bits per heavy atom. The molecule has 2 aromatic heterocycles. The summed E-state index contributed by atoms with van der Waals surface area (Å²) in [6.45, 7) is 9.86. The average Bonchev–Trinajstić information content (AvgIpc) is 3.16.